The molecule has 1 aromatic carbocycles. The monoisotopic (exact) mass is 299 g/mol. The zero-order valence-corrected chi connectivity index (χ0v) is 13.2. The molecule has 0 aliphatic heterocycles. The van der Waals surface area contributed by atoms with Crippen LogP contribution in [0.4, 0.5) is 0 Å². The van der Waals surface area contributed by atoms with E-state index < -0.39 is 0 Å². The third kappa shape index (κ3) is 3.35. The molecule has 3 heteroatoms. The molecule has 1 heterocycles. The van der Waals surface area contributed by atoms with Gasteiger partial charge in [-0.1, -0.05) is 30.3 Å². The first-order chi connectivity index (χ1) is 10.2. The summed E-state index contributed by atoms with van der Waals surface area (Å²) in [7, 11) is 0. The summed E-state index contributed by atoms with van der Waals surface area (Å²) in [5, 5.41) is 5.19. The van der Waals surface area contributed by atoms with Crippen LogP contribution in [-0.2, 0) is 0 Å². The molecule has 0 saturated heterocycles. The van der Waals surface area contributed by atoms with E-state index in [9.17, 15) is 4.79 Å². The lowest BCUT2D eigenvalue weighted by Crippen LogP contribution is -2.37. The molecule has 1 aromatic heterocycles. The second-order valence-electron chi connectivity index (χ2n) is 5.87. The Morgan fingerprint density at radius 1 is 1.10 bits per heavy atom. The second-order valence-corrected chi connectivity index (χ2v) is 6.78. The van der Waals surface area contributed by atoms with Gasteiger partial charge in [-0.2, -0.15) is 0 Å². The molecule has 0 radical (unpaired) electrons. The highest BCUT2D eigenvalue weighted by Gasteiger charge is 2.24. The minimum atomic E-state index is 0.102. The number of aryl methyl sites for hydroxylation is 1. The SMILES string of the molecule is Cc1ccsc1C(=O)NC1CCC(c2ccccc2)CC1. The van der Waals surface area contributed by atoms with Gasteiger partial charge in [0.05, 0.1) is 4.88 Å². The number of amides is 1. The molecule has 1 saturated carbocycles. The van der Waals surface area contributed by atoms with Crippen molar-refractivity contribution < 1.29 is 4.79 Å². The first-order valence-corrected chi connectivity index (χ1v) is 8.52. The number of carbonyl (C=O) groups is 1. The van der Waals surface area contributed by atoms with Crippen molar-refractivity contribution in [3.8, 4) is 0 Å². The summed E-state index contributed by atoms with van der Waals surface area (Å²) in [5.74, 6) is 0.758. The maximum absolute atomic E-state index is 12.2. The van der Waals surface area contributed by atoms with Crippen LogP contribution >= 0.6 is 11.3 Å². The van der Waals surface area contributed by atoms with Crippen LogP contribution in [0.5, 0.6) is 0 Å². The van der Waals surface area contributed by atoms with Crippen LogP contribution in [0.2, 0.25) is 0 Å². The van der Waals surface area contributed by atoms with Gasteiger partial charge < -0.3 is 5.32 Å². The van der Waals surface area contributed by atoms with Gasteiger partial charge in [0.15, 0.2) is 0 Å². The number of hydrogen-bond acceptors (Lipinski definition) is 2. The fraction of sp³-hybridized carbons (Fsp3) is 0.389. The van der Waals surface area contributed by atoms with Crippen molar-refractivity contribution in [2.75, 3.05) is 0 Å². The first kappa shape index (κ1) is 14.3. The van der Waals surface area contributed by atoms with Crippen LogP contribution in [0.15, 0.2) is 41.8 Å². The molecular formula is C18H21NOS. The molecule has 3 rings (SSSR count). The molecular weight excluding hydrogens is 278 g/mol. The molecule has 110 valence electrons. The third-order valence-corrected chi connectivity index (χ3v) is 5.42. The molecule has 21 heavy (non-hydrogen) atoms. The number of benzene rings is 1. The van der Waals surface area contributed by atoms with Crippen molar-refractivity contribution >= 4 is 17.2 Å². The lowest BCUT2D eigenvalue weighted by molar-refractivity contribution is 0.0929. The highest BCUT2D eigenvalue weighted by molar-refractivity contribution is 7.12. The lowest BCUT2D eigenvalue weighted by atomic mass is 9.82. The summed E-state index contributed by atoms with van der Waals surface area (Å²) < 4.78 is 0. The van der Waals surface area contributed by atoms with Crippen LogP contribution < -0.4 is 5.32 Å². The van der Waals surface area contributed by atoms with Gasteiger partial charge in [-0.3, -0.25) is 4.79 Å². The minimum absolute atomic E-state index is 0.102. The molecule has 1 aliphatic rings. The predicted molar refractivity (Wildman–Crippen MR) is 88.0 cm³/mol. The quantitative estimate of drug-likeness (QED) is 0.887. The van der Waals surface area contributed by atoms with Crippen molar-refractivity contribution in [1.82, 2.24) is 5.32 Å². The molecule has 2 nitrogen and oxygen atoms in total. The summed E-state index contributed by atoms with van der Waals surface area (Å²) in [6.07, 6.45) is 4.49. The van der Waals surface area contributed by atoms with E-state index in [0.29, 0.717) is 12.0 Å². The Balaban J connectivity index is 1.55. The molecule has 0 atom stereocenters. The molecule has 1 fully saturated rings. The van der Waals surface area contributed by atoms with Crippen molar-refractivity contribution in [3.63, 3.8) is 0 Å². The topological polar surface area (TPSA) is 29.1 Å². The number of thiophene rings is 1. The zero-order valence-electron chi connectivity index (χ0n) is 12.3. The summed E-state index contributed by atoms with van der Waals surface area (Å²) in [6.45, 7) is 2.00. The van der Waals surface area contributed by atoms with Gasteiger partial charge in [0.2, 0.25) is 0 Å². The van der Waals surface area contributed by atoms with E-state index in [2.05, 4.69) is 35.6 Å². The van der Waals surface area contributed by atoms with Gasteiger partial charge in [-0.15, -0.1) is 11.3 Å². The van der Waals surface area contributed by atoms with E-state index in [1.54, 1.807) is 0 Å². The third-order valence-electron chi connectivity index (χ3n) is 4.40. The molecule has 1 aliphatic carbocycles. The van der Waals surface area contributed by atoms with Crippen LogP contribution in [0.1, 0.15) is 52.4 Å². The molecule has 1 N–H and O–H groups in total. The van der Waals surface area contributed by atoms with Crippen LogP contribution in [-0.4, -0.2) is 11.9 Å². The predicted octanol–water partition coefficient (Wildman–Crippen LogP) is 4.51. The average Bonchev–Trinajstić information content (AvgIpc) is 2.95. The van der Waals surface area contributed by atoms with E-state index in [1.165, 1.54) is 29.7 Å². The Bertz CT molecular complexity index is 597. The van der Waals surface area contributed by atoms with Crippen LogP contribution in [0.25, 0.3) is 0 Å². The summed E-state index contributed by atoms with van der Waals surface area (Å²) in [6, 6.07) is 13.1. The summed E-state index contributed by atoms with van der Waals surface area (Å²) >= 11 is 1.53. The maximum Gasteiger partial charge on any atom is 0.261 e. The smallest absolute Gasteiger partial charge is 0.261 e. The van der Waals surface area contributed by atoms with E-state index in [4.69, 9.17) is 0 Å². The fourth-order valence-corrected chi connectivity index (χ4v) is 3.98. The molecule has 2 aromatic rings. The van der Waals surface area contributed by atoms with Crippen molar-refractivity contribution in [2.24, 2.45) is 0 Å². The summed E-state index contributed by atoms with van der Waals surface area (Å²) in [4.78, 5) is 13.1. The number of rotatable bonds is 3. The lowest BCUT2D eigenvalue weighted by Gasteiger charge is -2.29. The Kier molecular flexibility index (Phi) is 4.39. The van der Waals surface area contributed by atoms with Gasteiger partial charge in [0.25, 0.3) is 5.91 Å². The molecule has 1 amide bonds. The van der Waals surface area contributed by atoms with Gasteiger partial charge in [-0.05, 0) is 61.1 Å². The standard InChI is InChI=1S/C18H21NOS/c1-13-11-12-21-17(13)18(20)19-16-9-7-15(8-10-16)14-5-3-2-4-6-14/h2-6,11-12,15-16H,7-10H2,1H3,(H,19,20). The van der Waals surface area contributed by atoms with Gasteiger partial charge in [0, 0.05) is 6.04 Å². The Hall–Kier alpha value is -1.61. The number of hydrogen-bond donors (Lipinski definition) is 1. The molecule has 0 bridgehead atoms. The van der Waals surface area contributed by atoms with Crippen molar-refractivity contribution in [3.05, 3.63) is 57.8 Å². The maximum atomic E-state index is 12.2. The van der Waals surface area contributed by atoms with Crippen LogP contribution in [0, 0.1) is 6.92 Å². The van der Waals surface area contributed by atoms with Gasteiger partial charge in [0.1, 0.15) is 0 Å². The second kappa shape index (κ2) is 6.44. The first-order valence-electron chi connectivity index (χ1n) is 7.64. The summed E-state index contributed by atoms with van der Waals surface area (Å²) in [5.41, 5.74) is 2.52. The van der Waals surface area contributed by atoms with Crippen molar-refractivity contribution in [1.29, 1.82) is 0 Å². The largest absolute Gasteiger partial charge is 0.349 e. The number of carbonyl (C=O) groups excluding carboxylic acids is 1. The average molecular weight is 299 g/mol. The molecule has 0 spiro atoms. The zero-order chi connectivity index (χ0) is 14.7. The minimum Gasteiger partial charge on any atom is -0.349 e. The van der Waals surface area contributed by atoms with Crippen LogP contribution in [0.3, 0.4) is 0 Å². The van der Waals surface area contributed by atoms with E-state index in [0.717, 1.165) is 23.3 Å². The highest BCUT2D eigenvalue weighted by Crippen LogP contribution is 2.32. The van der Waals surface area contributed by atoms with E-state index >= 15 is 0 Å². The van der Waals surface area contributed by atoms with E-state index in [1.807, 2.05) is 18.4 Å². The van der Waals surface area contributed by atoms with Crippen molar-refractivity contribution in [2.45, 2.75) is 44.6 Å². The Morgan fingerprint density at radius 2 is 1.81 bits per heavy atom. The Morgan fingerprint density at radius 3 is 2.43 bits per heavy atom. The fourth-order valence-electron chi connectivity index (χ4n) is 3.15. The Labute approximate surface area is 130 Å². The van der Waals surface area contributed by atoms with E-state index in [-0.39, 0.29) is 5.91 Å². The normalized spacial score (nSPS) is 22.0. The van der Waals surface area contributed by atoms with Gasteiger partial charge in [-0.25, -0.2) is 0 Å². The van der Waals surface area contributed by atoms with Gasteiger partial charge >= 0.3 is 0 Å². The number of nitrogens with one attached hydrogen (secondary N) is 1. The molecule has 0 unspecified atom stereocenters. The highest BCUT2D eigenvalue weighted by atomic mass is 32.1.